The molecule has 3 aromatic rings. The summed E-state index contributed by atoms with van der Waals surface area (Å²) >= 11 is 0. The molecular formula is C24H21NO6. The van der Waals surface area contributed by atoms with Crippen molar-refractivity contribution in [3.8, 4) is 11.5 Å². The number of methoxy groups -OCH3 is 1. The van der Waals surface area contributed by atoms with Gasteiger partial charge in [0, 0.05) is 41.9 Å². The van der Waals surface area contributed by atoms with Gasteiger partial charge >= 0.3 is 0 Å². The summed E-state index contributed by atoms with van der Waals surface area (Å²) in [5.74, 6) is -1.32. The monoisotopic (exact) mass is 419 g/mol. The molecule has 0 radical (unpaired) electrons. The molecule has 1 N–H and O–H groups in total. The lowest BCUT2D eigenvalue weighted by molar-refractivity contribution is -0.162. The molecule has 7 nitrogen and oxygen atoms in total. The van der Waals surface area contributed by atoms with Gasteiger partial charge in [-0.25, -0.2) is 0 Å². The van der Waals surface area contributed by atoms with E-state index in [2.05, 4.69) is 0 Å². The van der Waals surface area contributed by atoms with Crippen LogP contribution < -0.4 is 4.74 Å². The molecule has 0 bridgehead atoms. The Labute approximate surface area is 177 Å². The SMILES string of the molecule is COc1c2c(c(O)c3c4ccccc4n(C)c13)C(=O)C1=C(CC3(CC1)OCCO3)C2=O. The molecule has 0 amide bonds. The maximum Gasteiger partial charge on any atom is 0.194 e. The Morgan fingerprint density at radius 2 is 1.77 bits per heavy atom. The number of phenolic OH excluding ortho intramolecular Hbond substituents is 1. The number of phenols is 1. The molecule has 1 fully saturated rings. The van der Waals surface area contributed by atoms with Crippen molar-refractivity contribution < 1.29 is 28.9 Å². The van der Waals surface area contributed by atoms with Crippen molar-refractivity contribution in [3.63, 3.8) is 0 Å². The van der Waals surface area contributed by atoms with Crippen LogP contribution in [-0.4, -0.2) is 47.4 Å². The summed E-state index contributed by atoms with van der Waals surface area (Å²) in [6.07, 6.45) is 1.10. The molecule has 2 aromatic carbocycles. The summed E-state index contributed by atoms with van der Waals surface area (Å²) in [4.78, 5) is 27.3. The van der Waals surface area contributed by atoms with Crippen LogP contribution in [0.25, 0.3) is 21.8 Å². The molecule has 2 aliphatic carbocycles. The van der Waals surface area contributed by atoms with Crippen LogP contribution in [-0.2, 0) is 16.5 Å². The summed E-state index contributed by atoms with van der Waals surface area (Å²) < 4.78 is 19.2. The number of fused-ring (bicyclic) bond motifs is 4. The summed E-state index contributed by atoms with van der Waals surface area (Å²) in [7, 11) is 3.34. The van der Waals surface area contributed by atoms with Gasteiger partial charge in [0.05, 0.1) is 42.4 Å². The minimum Gasteiger partial charge on any atom is -0.506 e. The van der Waals surface area contributed by atoms with Crippen molar-refractivity contribution in [1.82, 2.24) is 4.57 Å². The number of aromatic nitrogens is 1. The molecule has 2 heterocycles. The number of aromatic hydroxyl groups is 1. The Balaban J connectivity index is 1.67. The summed E-state index contributed by atoms with van der Waals surface area (Å²) in [5, 5.41) is 12.6. The van der Waals surface area contributed by atoms with Crippen LogP contribution in [0.3, 0.4) is 0 Å². The topological polar surface area (TPSA) is 87.0 Å². The molecule has 0 atom stereocenters. The van der Waals surface area contributed by atoms with E-state index in [1.807, 2.05) is 35.9 Å². The summed E-state index contributed by atoms with van der Waals surface area (Å²) in [5.41, 5.74) is 2.47. The van der Waals surface area contributed by atoms with Crippen LogP contribution in [0.4, 0.5) is 0 Å². The van der Waals surface area contributed by atoms with Gasteiger partial charge in [-0.15, -0.1) is 0 Å². The number of allylic oxidation sites excluding steroid dienone is 1. The molecule has 3 aliphatic rings. The summed E-state index contributed by atoms with van der Waals surface area (Å²) in [6.45, 7) is 0.948. The van der Waals surface area contributed by atoms with Gasteiger partial charge in [0.25, 0.3) is 0 Å². The van der Waals surface area contributed by atoms with Crippen molar-refractivity contribution in [2.24, 2.45) is 7.05 Å². The van der Waals surface area contributed by atoms with E-state index in [1.165, 1.54) is 7.11 Å². The maximum absolute atomic E-state index is 13.7. The van der Waals surface area contributed by atoms with Crippen molar-refractivity contribution in [1.29, 1.82) is 0 Å². The molecule has 0 saturated carbocycles. The average molecular weight is 419 g/mol. The lowest BCUT2D eigenvalue weighted by Crippen LogP contribution is -2.38. The number of ketones is 2. The third-order valence-corrected chi connectivity index (χ3v) is 6.86. The smallest absolute Gasteiger partial charge is 0.194 e. The average Bonchev–Trinajstić information content (AvgIpc) is 3.35. The van der Waals surface area contributed by atoms with Crippen LogP contribution in [0.5, 0.6) is 11.5 Å². The second-order valence-electron chi connectivity index (χ2n) is 8.33. The predicted octanol–water partition coefficient (Wildman–Crippen LogP) is 3.65. The Kier molecular flexibility index (Phi) is 3.71. The van der Waals surface area contributed by atoms with E-state index in [-0.39, 0.29) is 34.9 Å². The zero-order valence-electron chi connectivity index (χ0n) is 17.3. The highest BCUT2D eigenvalue weighted by Gasteiger charge is 2.48. The Bertz CT molecular complexity index is 1360. The number of rotatable bonds is 1. The molecule has 31 heavy (non-hydrogen) atoms. The zero-order chi connectivity index (χ0) is 21.5. The van der Waals surface area contributed by atoms with Gasteiger partial charge in [-0.3, -0.25) is 9.59 Å². The van der Waals surface area contributed by atoms with Crippen molar-refractivity contribution in [2.45, 2.75) is 25.0 Å². The Morgan fingerprint density at radius 3 is 2.52 bits per heavy atom. The molecule has 1 aromatic heterocycles. The highest BCUT2D eigenvalue weighted by molar-refractivity contribution is 6.33. The highest BCUT2D eigenvalue weighted by Crippen LogP contribution is 2.51. The van der Waals surface area contributed by atoms with Crippen molar-refractivity contribution >= 4 is 33.4 Å². The number of nitrogens with zero attached hydrogens (tertiary/aromatic N) is 1. The molecule has 158 valence electrons. The predicted molar refractivity (Wildman–Crippen MR) is 113 cm³/mol. The second kappa shape index (κ2) is 6.18. The van der Waals surface area contributed by atoms with Gasteiger partial charge in [0.2, 0.25) is 0 Å². The summed E-state index contributed by atoms with van der Waals surface area (Å²) in [6, 6.07) is 7.60. The van der Waals surface area contributed by atoms with E-state index >= 15 is 0 Å². The van der Waals surface area contributed by atoms with Crippen LogP contribution in [0.15, 0.2) is 35.4 Å². The lowest BCUT2D eigenvalue weighted by Gasteiger charge is -2.35. The van der Waals surface area contributed by atoms with Gasteiger partial charge in [-0.05, 0) is 12.5 Å². The van der Waals surface area contributed by atoms with Crippen molar-refractivity contribution in [3.05, 3.63) is 46.5 Å². The number of carbonyl (C=O) groups is 2. The van der Waals surface area contributed by atoms with Crippen LogP contribution in [0.1, 0.15) is 40.0 Å². The molecule has 7 heteroatoms. The number of aryl methyl sites for hydroxylation is 1. The van der Waals surface area contributed by atoms with Crippen LogP contribution in [0, 0.1) is 0 Å². The molecular weight excluding hydrogens is 398 g/mol. The second-order valence-corrected chi connectivity index (χ2v) is 8.33. The van der Waals surface area contributed by atoms with E-state index in [0.29, 0.717) is 53.9 Å². The number of para-hydroxylation sites is 1. The van der Waals surface area contributed by atoms with Gasteiger partial charge in [0.15, 0.2) is 23.1 Å². The van der Waals surface area contributed by atoms with Crippen LogP contribution in [0.2, 0.25) is 0 Å². The van der Waals surface area contributed by atoms with Crippen molar-refractivity contribution in [2.75, 3.05) is 20.3 Å². The number of benzene rings is 2. The normalized spacial score (nSPS) is 20.1. The molecule has 1 spiro atoms. The first-order valence-corrected chi connectivity index (χ1v) is 10.4. The minimum absolute atomic E-state index is 0.0358. The highest BCUT2D eigenvalue weighted by atomic mass is 16.7. The number of ether oxygens (including phenoxy) is 3. The molecule has 1 saturated heterocycles. The maximum atomic E-state index is 13.7. The van der Waals surface area contributed by atoms with E-state index < -0.39 is 5.79 Å². The Morgan fingerprint density at radius 1 is 1.06 bits per heavy atom. The first-order valence-electron chi connectivity index (χ1n) is 10.4. The first-order chi connectivity index (χ1) is 15.0. The van der Waals surface area contributed by atoms with E-state index in [0.717, 1.165) is 10.9 Å². The first kappa shape index (κ1) is 18.6. The van der Waals surface area contributed by atoms with E-state index in [4.69, 9.17) is 14.2 Å². The van der Waals surface area contributed by atoms with Crippen LogP contribution >= 0.6 is 0 Å². The number of Topliss-reactive ketones (excluding diaryl/α,β-unsaturated/α-hetero) is 2. The minimum atomic E-state index is -0.842. The fourth-order valence-corrected chi connectivity index (χ4v) is 5.45. The molecule has 1 aliphatic heterocycles. The lowest BCUT2D eigenvalue weighted by atomic mass is 9.74. The standard InChI is InChI=1S/C24H21NO6/c1-25-15-6-4-3-5-13(15)16-19(25)23(29-2)18-17(22(16)28)20(26)12-7-8-24(30-9-10-31-24)11-14(12)21(18)27/h3-6,28H,7-11H2,1-2H3. The Hall–Kier alpha value is -3.16. The van der Waals surface area contributed by atoms with E-state index in [9.17, 15) is 14.7 Å². The zero-order valence-corrected chi connectivity index (χ0v) is 17.3. The number of carbonyl (C=O) groups excluding carboxylic acids is 2. The molecule has 6 rings (SSSR count). The number of hydrogen-bond donors (Lipinski definition) is 1. The van der Waals surface area contributed by atoms with Gasteiger partial charge in [0.1, 0.15) is 5.75 Å². The molecule has 0 unspecified atom stereocenters. The fourth-order valence-electron chi connectivity index (χ4n) is 5.45. The van der Waals surface area contributed by atoms with Gasteiger partial charge in [-0.2, -0.15) is 0 Å². The third kappa shape index (κ3) is 2.25. The largest absolute Gasteiger partial charge is 0.506 e. The van der Waals surface area contributed by atoms with Gasteiger partial charge < -0.3 is 23.9 Å². The number of hydrogen-bond acceptors (Lipinski definition) is 6. The fraction of sp³-hybridized carbons (Fsp3) is 0.333. The van der Waals surface area contributed by atoms with E-state index in [1.54, 1.807) is 0 Å². The third-order valence-electron chi connectivity index (χ3n) is 6.86. The quantitative estimate of drug-likeness (QED) is 0.648. The van der Waals surface area contributed by atoms with Gasteiger partial charge in [-0.1, -0.05) is 18.2 Å².